The van der Waals surface area contributed by atoms with Crippen molar-refractivity contribution < 1.29 is 19.1 Å². The Kier molecular flexibility index (Phi) is 6.15. The van der Waals surface area contributed by atoms with Crippen LogP contribution in [0.2, 0.25) is 10.0 Å². The lowest BCUT2D eigenvalue weighted by atomic mass is 9.96. The van der Waals surface area contributed by atoms with E-state index in [1.165, 1.54) is 0 Å². The van der Waals surface area contributed by atoms with Crippen LogP contribution in [0.5, 0.6) is 11.5 Å². The number of hydrogen-bond donors (Lipinski definition) is 1. The zero-order valence-electron chi connectivity index (χ0n) is 21.3. The SMILES string of the molecule is COc1cc2c(cc1[C@H]1C[C@@H]1C(N)=O)-c1c(c(C(=O)N(C)C(C)(C)C)nn1-c1cc(Cl)cc(Cl)c1)CO2. The smallest absolute Gasteiger partial charge is 0.274 e. The standard InChI is InChI=1S/C27H28Cl2N4O4/c1-27(2,3)32(4)26(35)23-20-12-37-22-11-21(36-5)17(16-9-18(16)25(30)34)10-19(22)24(20)33(31-23)15-7-13(28)6-14(29)8-15/h6-8,10-11,16,18H,9,12H2,1-5H3,(H2,30,34)/t16-,18+/m1/s1. The van der Waals surface area contributed by atoms with Crippen LogP contribution < -0.4 is 15.2 Å². The van der Waals surface area contributed by atoms with Crippen molar-refractivity contribution in [2.75, 3.05) is 14.2 Å². The highest BCUT2D eigenvalue weighted by atomic mass is 35.5. The summed E-state index contributed by atoms with van der Waals surface area (Å²) in [6, 6.07) is 8.89. The van der Waals surface area contributed by atoms with Gasteiger partial charge in [-0.25, -0.2) is 4.68 Å². The molecule has 10 heteroatoms. The van der Waals surface area contributed by atoms with E-state index in [2.05, 4.69) is 0 Å². The van der Waals surface area contributed by atoms with Crippen molar-refractivity contribution in [1.82, 2.24) is 14.7 Å². The van der Waals surface area contributed by atoms with E-state index in [1.54, 1.807) is 41.9 Å². The molecule has 0 radical (unpaired) electrons. The monoisotopic (exact) mass is 542 g/mol. The zero-order chi connectivity index (χ0) is 26.8. The molecule has 2 atom stereocenters. The number of rotatable bonds is 5. The fraction of sp³-hybridized carbons (Fsp3) is 0.370. The van der Waals surface area contributed by atoms with Crippen LogP contribution in [0.25, 0.3) is 16.9 Å². The summed E-state index contributed by atoms with van der Waals surface area (Å²) < 4.78 is 13.5. The number of ether oxygens (including phenoxy) is 2. The predicted octanol–water partition coefficient (Wildman–Crippen LogP) is 5.21. The quantitative estimate of drug-likeness (QED) is 0.477. The van der Waals surface area contributed by atoms with Crippen molar-refractivity contribution in [2.45, 2.75) is 45.3 Å². The van der Waals surface area contributed by atoms with Gasteiger partial charge in [0.05, 0.1) is 18.5 Å². The number of amides is 2. The van der Waals surface area contributed by atoms with Gasteiger partial charge in [-0.3, -0.25) is 9.59 Å². The predicted molar refractivity (Wildman–Crippen MR) is 142 cm³/mol. The molecule has 1 aliphatic carbocycles. The van der Waals surface area contributed by atoms with Crippen LogP contribution in [0.15, 0.2) is 30.3 Å². The Morgan fingerprint density at radius 2 is 1.84 bits per heavy atom. The lowest BCUT2D eigenvalue weighted by Gasteiger charge is -2.31. The third kappa shape index (κ3) is 4.42. The van der Waals surface area contributed by atoms with Gasteiger partial charge in [-0.05, 0) is 62.9 Å². The Hall–Kier alpha value is -3.23. The van der Waals surface area contributed by atoms with Crippen LogP contribution >= 0.6 is 23.2 Å². The van der Waals surface area contributed by atoms with Crippen LogP contribution in [-0.4, -0.2) is 46.2 Å². The number of hydrogen-bond acceptors (Lipinski definition) is 5. The summed E-state index contributed by atoms with van der Waals surface area (Å²) in [4.78, 5) is 27.1. The number of primary amides is 1. The summed E-state index contributed by atoms with van der Waals surface area (Å²) in [5.41, 5.74) is 8.99. The van der Waals surface area contributed by atoms with E-state index < -0.39 is 5.54 Å². The Bertz CT molecular complexity index is 1420. The number of carbonyl (C=O) groups is 2. The van der Waals surface area contributed by atoms with E-state index in [9.17, 15) is 9.59 Å². The number of carbonyl (C=O) groups excluding carboxylic acids is 2. The maximum Gasteiger partial charge on any atom is 0.274 e. The number of halogens is 2. The molecule has 2 aromatic carbocycles. The summed E-state index contributed by atoms with van der Waals surface area (Å²) >= 11 is 12.7. The van der Waals surface area contributed by atoms with Crippen LogP contribution in [-0.2, 0) is 11.4 Å². The van der Waals surface area contributed by atoms with Gasteiger partial charge in [0.15, 0.2) is 5.69 Å². The largest absolute Gasteiger partial charge is 0.496 e. The minimum atomic E-state index is -0.420. The summed E-state index contributed by atoms with van der Waals surface area (Å²) in [6.45, 7) is 6.02. The second-order valence-electron chi connectivity index (χ2n) is 10.5. The van der Waals surface area contributed by atoms with Crippen LogP contribution in [0.4, 0.5) is 0 Å². The van der Waals surface area contributed by atoms with Gasteiger partial charge in [-0.2, -0.15) is 5.10 Å². The molecule has 2 aliphatic rings. The second-order valence-corrected chi connectivity index (χ2v) is 11.4. The number of aromatic nitrogens is 2. The van der Waals surface area contributed by atoms with Gasteiger partial charge in [-0.1, -0.05) is 23.2 Å². The molecule has 2 amide bonds. The van der Waals surface area contributed by atoms with Crippen LogP contribution in [0.3, 0.4) is 0 Å². The molecule has 3 aromatic rings. The average molecular weight is 543 g/mol. The summed E-state index contributed by atoms with van der Waals surface area (Å²) in [7, 11) is 3.33. The van der Waals surface area contributed by atoms with Crippen molar-refractivity contribution in [1.29, 1.82) is 0 Å². The molecular weight excluding hydrogens is 515 g/mol. The summed E-state index contributed by atoms with van der Waals surface area (Å²) in [5.74, 6) is 0.350. The molecule has 1 aromatic heterocycles. The number of fused-ring (bicyclic) bond motifs is 3. The molecule has 0 spiro atoms. The van der Waals surface area contributed by atoms with Crippen LogP contribution in [0, 0.1) is 5.92 Å². The first kappa shape index (κ1) is 25.4. The third-order valence-electron chi connectivity index (χ3n) is 7.10. The molecule has 5 rings (SSSR count). The fourth-order valence-corrected chi connectivity index (χ4v) is 5.21. The fourth-order valence-electron chi connectivity index (χ4n) is 4.70. The highest BCUT2D eigenvalue weighted by molar-refractivity contribution is 6.34. The Morgan fingerprint density at radius 3 is 2.41 bits per heavy atom. The first-order chi connectivity index (χ1) is 17.4. The lowest BCUT2D eigenvalue weighted by molar-refractivity contribution is -0.119. The Labute approximate surface area is 225 Å². The summed E-state index contributed by atoms with van der Waals surface area (Å²) in [6.07, 6.45) is 0.654. The zero-order valence-corrected chi connectivity index (χ0v) is 22.8. The number of methoxy groups -OCH3 is 1. The van der Waals surface area contributed by atoms with E-state index in [-0.39, 0.29) is 36.0 Å². The first-order valence-corrected chi connectivity index (χ1v) is 12.7. The summed E-state index contributed by atoms with van der Waals surface area (Å²) in [5, 5.41) is 5.66. The van der Waals surface area contributed by atoms with Crippen molar-refractivity contribution in [3.8, 4) is 28.4 Å². The van der Waals surface area contributed by atoms with Gasteiger partial charge >= 0.3 is 0 Å². The van der Waals surface area contributed by atoms with E-state index >= 15 is 0 Å². The normalized spacial score (nSPS) is 17.9. The molecule has 1 saturated carbocycles. The topological polar surface area (TPSA) is 99.7 Å². The number of nitrogens with zero attached hydrogens (tertiary/aromatic N) is 3. The molecule has 0 bridgehead atoms. The second kappa shape index (κ2) is 8.96. The van der Waals surface area contributed by atoms with E-state index in [1.807, 2.05) is 32.9 Å². The maximum atomic E-state index is 13.6. The molecule has 2 heterocycles. The molecule has 8 nitrogen and oxygen atoms in total. The van der Waals surface area contributed by atoms with Gasteiger partial charge in [0.25, 0.3) is 5.91 Å². The van der Waals surface area contributed by atoms with Gasteiger partial charge < -0.3 is 20.1 Å². The third-order valence-corrected chi connectivity index (χ3v) is 7.54. The minimum Gasteiger partial charge on any atom is -0.496 e. The Balaban J connectivity index is 1.74. The van der Waals surface area contributed by atoms with Crippen molar-refractivity contribution in [2.24, 2.45) is 11.7 Å². The van der Waals surface area contributed by atoms with E-state index in [0.29, 0.717) is 44.9 Å². The highest BCUT2D eigenvalue weighted by Crippen LogP contribution is 2.53. The van der Waals surface area contributed by atoms with Crippen molar-refractivity contribution in [3.63, 3.8) is 0 Å². The molecule has 194 valence electrons. The van der Waals surface area contributed by atoms with Gasteiger partial charge in [0.2, 0.25) is 5.91 Å². The molecular formula is C27H28Cl2N4O4. The molecule has 37 heavy (non-hydrogen) atoms. The van der Waals surface area contributed by atoms with E-state index in [4.69, 9.17) is 43.5 Å². The molecule has 0 unspecified atom stereocenters. The average Bonchev–Trinajstić information content (AvgIpc) is 3.54. The van der Waals surface area contributed by atoms with Crippen LogP contribution in [0.1, 0.15) is 54.7 Å². The number of benzene rings is 2. The van der Waals surface area contributed by atoms with E-state index in [0.717, 1.165) is 11.1 Å². The van der Waals surface area contributed by atoms with Gasteiger partial charge in [0, 0.05) is 45.7 Å². The van der Waals surface area contributed by atoms with Gasteiger partial charge in [-0.15, -0.1) is 0 Å². The van der Waals surface area contributed by atoms with Crippen molar-refractivity contribution >= 4 is 35.0 Å². The first-order valence-electron chi connectivity index (χ1n) is 11.9. The highest BCUT2D eigenvalue weighted by Gasteiger charge is 2.45. The molecule has 2 N–H and O–H groups in total. The molecule has 1 fully saturated rings. The number of nitrogens with two attached hydrogens (primary N) is 1. The maximum absolute atomic E-state index is 13.6. The Morgan fingerprint density at radius 1 is 1.16 bits per heavy atom. The van der Waals surface area contributed by atoms with Crippen molar-refractivity contribution in [3.05, 3.63) is 57.2 Å². The molecule has 1 aliphatic heterocycles. The minimum absolute atomic E-state index is 0.0479. The molecule has 0 saturated heterocycles. The van der Waals surface area contributed by atoms with Gasteiger partial charge in [0.1, 0.15) is 18.1 Å². The lowest BCUT2D eigenvalue weighted by Crippen LogP contribution is -2.43.